The van der Waals surface area contributed by atoms with E-state index in [9.17, 15) is 28.5 Å². The number of carboxylic acids is 1. The number of carboxylic acid groups (broad SMARTS) is 1. The van der Waals surface area contributed by atoms with Crippen molar-refractivity contribution in [1.82, 2.24) is 25.3 Å². The summed E-state index contributed by atoms with van der Waals surface area (Å²) >= 11 is 0. The van der Waals surface area contributed by atoms with Crippen LogP contribution in [-0.4, -0.2) is 80.6 Å². The lowest BCUT2D eigenvalue weighted by Crippen LogP contribution is -2.36. The highest BCUT2D eigenvalue weighted by Crippen LogP contribution is 2.49. The zero-order valence-electron chi connectivity index (χ0n) is 31.8. The number of rotatable bonds is 20. The summed E-state index contributed by atoms with van der Waals surface area (Å²) in [6, 6.07) is 18.9. The number of hydrogen-bond donors (Lipinski definition) is 7. The molecule has 3 aromatic carbocycles. The second-order valence-electron chi connectivity index (χ2n) is 11.9. The molecular weight excluding hydrogens is 775 g/mol. The SMILES string of the molecule is CCOP(=O)(OCC)OCc1ccc(NC(=O)c2ccccc2Nc2nc3ncc(CNc4ccc(C(=O)NC(C=O)CCC(=O)O)cc4)nc3c(=O)[nH]2)cc1.CO. The maximum atomic E-state index is 13.3. The lowest BCUT2D eigenvalue weighted by atomic mass is 10.1. The van der Waals surface area contributed by atoms with Gasteiger partial charge in [-0.3, -0.25) is 37.7 Å². The van der Waals surface area contributed by atoms with Crippen LogP contribution in [0.1, 0.15) is 58.7 Å². The van der Waals surface area contributed by atoms with Gasteiger partial charge in [-0.15, -0.1) is 0 Å². The summed E-state index contributed by atoms with van der Waals surface area (Å²) in [6.07, 6.45) is 1.68. The Morgan fingerprint density at radius 3 is 2.22 bits per heavy atom. The molecule has 0 fully saturated rings. The second kappa shape index (κ2) is 21.8. The first-order valence-corrected chi connectivity index (χ1v) is 19.3. The van der Waals surface area contributed by atoms with Crippen molar-refractivity contribution >= 4 is 66.1 Å². The van der Waals surface area contributed by atoms with Gasteiger partial charge in [-0.2, -0.15) is 4.98 Å². The number of H-pyrrole nitrogens is 1. The van der Waals surface area contributed by atoms with Gasteiger partial charge in [0, 0.05) is 30.5 Å². The van der Waals surface area contributed by atoms with E-state index in [0.29, 0.717) is 34.6 Å². The number of nitrogens with one attached hydrogen (secondary N) is 5. The van der Waals surface area contributed by atoms with E-state index in [1.807, 2.05) is 0 Å². The maximum absolute atomic E-state index is 13.3. The number of fused-ring (bicyclic) bond motifs is 1. The number of benzene rings is 3. The van der Waals surface area contributed by atoms with Gasteiger partial charge in [-0.1, -0.05) is 24.3 Å². The van der Waals surface area contributed by atoms with E-state index < -0.39 is 37.2 Å². The molecule has 5 rings (SSSR count). The summed E-state index contributed by atoms with van der Waals surface area (Å²) in [5, 5.41) is 27.3. The number of aliphatic carboxylic acids is 1. The summed E-state index contributed by atoms with van der Waals surface area (Å²) in [5.74, 6) is -1.99. The Labute approximate surface area is 332 Å². The number of aldehydes is 1. The van der Waals surface area contributed by atoms with Gasteiger partial charge in [-0.05, 0) is 74.4 Å². The van der Waals surface area contributed by atoms with E-state index >= 15 is 0 Å². The van der Waals surface area contributed by atoms with Gasteiger partial charge >= 0.3 is 13.8 Å². The zero-order valence-corrected chi connectivity index (χ0v) is 32.7. The molecular formula is C38H43N8O11P. The molecule has 0 aliphatic heterocycles. The number of phosphoric acid groups is 1. The van der Waals surface area contributed by atoms with Gasteiger partial charge in [0.15, 0.2) is 11.2 Å². The van der Waals surface area contributed by atoms with E-state index in [-0.39, 0.29) is 67.4 Å². The molecule has 0 aliphatic rings. The van der Waals surface area contributed by atoms with Crippen LogP contribution in [0.15, 0.2) is 83.8 Å². The number of para-hydroxylation sites is 1. The molecule has 0 bridgehead atoms. The standard InChI is InChI=1S/C37H39N8O10P.CH4O/c1-3-53-56(52,54-4-2)55-22-23-9-13-26(14-10-23)41-35(50)29-7-5-6-8-30(29)43-37-44-33-32(36(51)45-37)40-28(20-39-33)19-38-25-15-11-24(12-16-25)34(49)42-27(21-46)17-18-31(47)48;1-2/h5-16,20-21,27,38H,3-4,17-19,22H2,1-2H3,(H,41,50)(H,42,49)(H,47,48)(H2,39,43,44,45,51);2H,1H3. The summed E-state index contributed by atoms with van der Waals surface area (Å²) in [4.78, 5) is 76.6. The summed E-state index contributed by atoms with van der Waals surface area (Å²) < 4.78 is 28.3. The Bertz CT molecular complexity index is 2280. The lowest BCUT2D eigenvalue weighted by molar-refractivity contribution is -0.137. The number of anilines is 4. The smallest absolute Gasteiger partial charge is 0.475 e. The molecule has 58 heavy (non-hydrogen) atoms. The fourth-order valence-corrected chi connectivity index (χ4v) is 6.28. The van der Waals surface area contributed by atoms with Crippen LogP contribution in [0.5, 0.6) is 0 Å². The van der Waals surface area contributed by atoms with Gasteiger partial charge in [-0.25, -0.2) is 14.5 Å². The fraction of sp³-hybridized carbons (Fsp3) is 0.263. The number of hydrogen-bond acceptors (Lipinski definition) is 15. The Hall–Kier alpha value is -6.37. The third kappa shape index (κ3) is 12.8. The Balaban J connectivity index is 0.00000366. The number of phosphoric ester groups is 1. The van der Waals surface area contributed by atoms with Gasteiger partial charge in [0.1, 0.15) is 6.29 Å². The Morgan fingerprint density at radius 2 is 1.57 bits per heavy atom. The largest absolute Gasteiger partial charge is 0.481 e. The Kier molecular flexibility index (Phi) is 16.7. The predicted octanol–water partition coefficient (Wildman–Crippen LogP) is 4.79. The number of aliphatic hydroxyl groups excluding tert-OH is 1. The second-order valence-corrected chi connectivity index (χ2v) is 13.6. The average molecular weight is 819 g/mol. The van der Waals surface area contributed by atoms with Gasteiger partial charge in [0.25, 0.3) is 17.4 Å². The lowest BCUT2D eigenvalue weighted by Gasteiger charge is -2.16. The van der Waals surface area contributed by atoms with E-state index in [2.05, 4.69) is 41.2 Å². The van der Waals surface area contributed by atoms with Crippen LogP contribution in [0, 0.1) is 0 Å². The van der Waals surface area contributed by atoms with Crippen molar-refractivity contribution in [2.75, 3.05) is 36.3 Å². The molecule has 0 spiro atoms. The third-order valence-electron chi connectivity index (χ3n) is 7.84. The number of carbonyl (C=O) groups excluding carboxylic acids is 3. The van der Waals surface area contributed by atoms with E-state index in [1.54, 1.807) is 74.5 Å². The number of aromatic nitrogens is 4. The molecule has 1 unspecified atom stereocenters. The van der Waals surface area contributed by atoms with E-state index in [0.717, 1.165) is 7.11 Å². The molecule has 2 amide bonds. The minimum atomic E-state index is -3.68. The summed E-state index contributed by atoms with van der Waals surface area (Å²) in [5.41, 5.74) is 2.62. The van der Waals surface area contributed by atoms with Gasteiger partial charge < -0.3 is 36.3 Å². The van der Waals surface area contributed by atoms with Crippen LogP contribution in [0.25, 0.3) is 11.2 Å². The third-order valence-corrected chi connectivity index (χ3v) is 9.43. The number of nitrogens with zero attached hydrogens (tertiary/aromatic N) is 3. The molecule has 306 valence electrons. The van der Waals surface area contributed by atoms with Crippen molar-refractivity contribution in [3.05, 3.63) is 112 Å². The topological polar surface area (TPSA) is 273 Å². The summed E-state index contributed by atoms with van der Waals surface area (Å²) in [7, 11) is -2.68. The van der Waals surface area contributed by atoms with Crippen LogP contribution in [0.2, 0.25) is 0 Å². The molecule has 2 heterocycles. The number of carbonyl (C=O) groups is 4. The minimum Gasteiger partial charge on any atom is -0.481 e. The first-order valence-electron chi connectivity index (χ1n) is 17.8. The molecule has 19 nitrogen and oxygen atoms in total. The first-order chi connectivity index (χ1) is 28.0. The fourth-order valence-electron chi connectivity index (χ4n) is 5.12. The van der Waals surface area contributed by atoms with Crippen LogP contribution in [0.4, 0.5) is 23.0 Å². The van der Waals surface area contributed by atoms with Crippen molar-refractivity contribution in [3.63, 3.8) is 0 Å². The Morgan fingerprint density at radius 1 is 0.897 bits per heavy atom. The molecule has 1 atom stereocenters. The molecule has 20 heteroatoms. The predicted molar refractivity (Wildman–Crippen MR) is 214 cm³/mol. The summed E-state index contributed by atoms with van der Waals surface area (Å²) in [6.45, 7) is 3.86. The molecule has 7 N–H and O–H groups in total. The number of aliphatic hydroxyl groups is 1. The molecule has 0 saturated carbocycles. The highest BCUT2D eigenvalue weighted by molar-refractivity contribution is 7.48. The zero-order chi connectivity index (χ0) is 42.1. The monoisotopic (exact) mass is 818 g/mol. The quantitative estimate of drug-likeness (QED) is 0.0411. The normalized spacial score (nSPS) is 11.4. The van der Waals surface area contributed by atoms with Crippen molar-refractivity contribution < 1.29 is 47.5 Å². The van der Waals surface area contributed by atoms with Gasteiger partial charge in [0.2, 0.25) is 5.95 Å². The van der Waals surface area contributed by atoms with E-state index in [1.165, 1.54) is 18.3 Å². The average Bonchev–Trinajstić information content (AvgIpc) is 3.22. The molecule has 0 radical (unpaired) electrons. The first kappa shape index (κ1) is 44.3. The highest BCUT2D eigenvalue weighted by atomic mass is 31.2. The van der Waals surface area contributed by atoms with E-state index in [4.69, 9.17) is 23.8 Å². The minimum absolute atomic E-state index is 0.00651. The van der Waals surface area contributed by atoms with Crippen molar-refractivity contribution in [2.45, 2.75) is 45.9 Å². The molecule has 0 saturated heterocycles. The number of aromatic amines is 1. The van der Waals surface area contributed by atoms with Crippen LogP contribution < -0.4 is 26.8 Å². The number of amides is 2. The van der Waals surface area contributed by atoms with Crippen molar-refractivity contribution in [2.24, 2.45) is 0 Å². The van der Waals surface area contributed by atoms with Crippen molar-refractivity contribution in [3.8, 4) is 0 Å². The maximum Gasteiger partial charge on any atom is 0.475 e. The molecule has 0 aliphatic carbocycles. The van der Waals surface area contributed by atoms with Crippen LogP contribution in [-0.2, 0) is 40.9 Å². The molecule has 5 aromatic rings. The highest BCUT2D eigenvalue weighted by Gasteiger charge is 2.25. The van der Waals surface area contributed by atoms with Gasteiger partial charge in [0.05, 0.1) is 55.5 Å². The van der Waals surface area contributed by atoms with Crippen LogP contribution in [0.3, 0.4) is 0 Å². The van der Waals surface area contributed by atoms with Crippen LogP contribution >= 0.6 is 7.82 Å². The van der Waals surface area contributed by atoms with Crippen molar-refractivity contribution in [1.29, 1.82) is 0 Å². The molecule has 2 aromatic heterocycles.